The highest BCUT2D eigenvalue weighted by atomic mass is 35.5. The van der Waals surface area contributed by atoms with Gasteiger partial charge in [0.25, 0.3) is 0 Å². The number of nitro groups is 1. The van der Waals surface area contributed by atoms with Crippen molar-refractivity contribution in [2.24, 2.45) is 0 Å². The SMILES string of the molecule is CCN(Cc1ccccc1)c1cc(C(F)(F)F)nc(Cl)c1[N+](=O)[O-]. The molecule has 1 aromatic heterocycles. The number of pyridine rings is 1. The molecule has 0 aliphatic rings. The molecule has 0 bridgehead atoms. The van der Waals surface area contributed by atoms with Gasteiger partial charge < -0.3 is 4.90 Å². The first-order valence-corrected chi connectivity index (χ1v) is 7.32. The number of alkyl halides is 3. The Labute approximate surface area is 140 Å². The van der Waals surface area contributed by atoms with E-state index in [0.29, 0.717) is 6.07 Å². The van der Waals surface area contributed by atoms with E-state index in [1.807, 2.05) is 0 Å². The molecule has 0 saturated carbocycles. The lowest BCUT2D eigenvalue weighted by atomic mass is 10.2. The van der Waals surface area contributed by atoms with Gasteiger partial charge in [0, 0.05) is 13.1 Å². The monoisotopic (exact) mass is 359 g/mol. The normalized spacial score (nSPS) is 11.4. The van der Waals surface area contributed by atoms with E-state index in [1.54, 1.807) is 37.3 Å². The first kappa shape index (κ1) is 18.0. The van der Waals surface area contributed by atoms with Gasteiger partial charge in [0.1, 0.15) is 11.4 Å². The fourth-order valence-electron chi connectivity index (χ4n) is 2.22. The van der Waals surface area contributed by atoms with Crippen LogP contribution in [0, 0.1) is 10.1 Å². The van der Waals surface area contributed by atoms with E-state index < -0.39 is 27.6 Å². The minimum absolute atomic E-state index is 0.204. The Balaban J connectivity index is 2.55. The fourth-order valence-corrected chi connectivity index (χ4v) is 2.48. The summed E-state index contributed by atoms with van der Waals surface area (Å²) in [6.07, 6.45) is -4.75. The van der Waals surface area contributed by atoms with Crippen LogP contribution in [0.5, 0.6) is 0 Å². The zero-order valence-corrected chi connectivity index (χ0v) is 13.3. The smallest absolute Gasteiger partial charge is 0.362 e. The molecule has 0 aliphatic heterocycles. The summed E-state index contributed by atoms with van der Waals surface area (Å²) in [5.41, 5.74) is -1.31. The molecule has 0 unspecified atom stereocenters. The van der Waals surface area contributed by atoms with E-state index in [2.05, 4.69) is 4.98 Å². The molecule has 5 nitrogen and oxygen atoms in total. The van der Waals surface area contributed by atoms with Gasteiger partial charge in [-0.05, 0) is 18.6 Å². The standard InChI is InChI=1S/C15H13ClF3N3O2/c1-2-21(9-10-6-4-3-5-7-10)11-8-12(15(17,18)19)20-14(16)13(11)22(23)24/h3-8H,2,9H2,1H3. The molecule has 0 atom stereocenters. The van der Waals surface area contributed by atoms with Gasteiger partial charge in [-0.2, -0.15) is 13.2 Å². The second-order valence-electron chi connectivity index (χ2n) is 4.92. The summed E-state index contributed by atoms with van der Waals surface area (Å²) in [5.74, 6) is 0. The Morgan fingerprint density at radius 3 is 2.42 bits per heavy atom. The van der Waals surface area contributed by atoms with Gasteiger partial charge in [0.2, 0.25) is 5.15 Å². The number of anilines is 1. The van der Waals surface area contributed by atoms with Crippen LogP contribution < -0.4 is 4.90 Å². The van der Waals surface area contributed by atoms with Gasteiger partial charge in [0.15, 0.2) is 0 Å². The highest BCUT2D eigenvalue weighted by molar-refractivity contribution is 6.32. The van der Waals surface area contributed by atoms with E-state index >= 15 is 0 Å². The number of rotatable bonds is 5. The first-order valence-electron chi connectivity index (χ1n) is 6.95. The lowest BCUT2D eigenvalue weighted by molar-refractivity contribution is -0.384. The largest absolute Gasteiger partial charge is 0.433 e. The number of nitrogens with zero attached hydrogens (tertiary/aromatic N) is 3. The zero-order chi connectivity index (χ0) is 17.9. The van der Waals surface area contributed by atoms with Crippen molar-refractivity contribution in [3.63, 3.8) is 0 Å². The Hall–Kier alpha value is -2.35. The molecule has 1 heterocycles. The lowest BCUT2D eigenvalue weighted by Crippen LogP contribution is -2.24. The molecular formula is C15H13ClF3N3O2. The molecule has 0 spiro atoms. The Bertz CT molecular complexity index is 739. The van der Waals surface area contributed by atoms with Crippen molar-refractivity contribution in [1.29, 1.82) is 0 Å². The lowest BCUT2D eigenvalue weighted by Gasteiger charge is -2.24. The summed E-state index contributed by atoms with van der Waals surface area (Å²) in [6.45, 7) is 2.15. The zero-order valence-electron chi connectivity index (χ0n) is 12.5. The molecule has 0 saturated heterocycles. The van der Waals surface area contributed by atoms with Gasteiger partial charge in [-0.15, -0.1) is 0 Å². The third-order valence-corrected chi connectivity index (χ3v) is 3.61. The summed E-state index contributed by atoms with van der Waals surface area (Å²) in [4.78, 5) is 15.0. The van der Waals surface area contributed by atoms with Crippen LogP contribution in [0.1, 0.15) is 18.2 Å². The predicted octanol–water partition coefficient (Wildman–Crippen LogP) is 4.69. The summed E-state index contributed by atoms with van der Waals surface area (Å²) < 4.78 is 38.9. The van der Waals surface area contributed by atoms with Crippen molar-refractivity contribution in [3.8, 4) is 0 Å². The van der Waals surface area contributed by atoms with Gasteiger partial charge in [-0.3, -0.25) is 10.1 Å². The minimum atomic E-state index is -4.75. The summed E-state index contributed by atoms with van der Waals surface area (Å²) >= 11 is 5.66. The Morgan fingerprint density at radius 1 is 1.29 bits per heavy atom. The van der Waals surface area contributed by atoms with Crippen LogP contribution in [0.3, 0.4) is 0 Å². The van der Waals surface area contributed by atoms with Crippen molar-refractivity contribution in [2.75, 3.05) is 11.4 Å². The molecule has 128 valence electrons. The van der Waals surface area contributed by atoms with Crippen LogP contribution in [-0.2, 0) is 12.7 Å². The third-order valence-electron chi connectivity index (χ3n) is 3.34. The van der Waals surface area contributed by atoms with Gasteiger partial charge in [-0.1, -0.05) is 41.9 Å². The third kappa shape index (κ3) is 3.94. The Kier molecular flexibility index (Phi) is 5.28. The molecule has 24 heavy (non-hydrogen) atoms. The predicted molar refractivity (Wildman–Crippen MR) is 84.1 cm³/mol. The number of hydrogen-bond donors (Lipinski definition) is 0. The van der Waals surface area contributed by atoms with E-state index in [-0.39, 0.29) is 18.8 Å². The van der Waals surface area contributed by atoms with Gasteiger partial charge in [0.05, 0.1) is 4.92 Å². The topological polar surface area (TPSA) is 59.3 Å². The maximum absolute atomic E-state index is 13.0. The van der Waals surface area contributed by atoms with Crippen molar-refractivity contribution in [1.82, 2.24) is 4.98 Å². The highest BCUT2D eigenvalue weighted by Crippen LogP contribution is 2.39. The molecule has 0 N–H and O–H groups in total. The van der Waals surface area contributed by atoms with Crippen LogP contribution in [0.2, 0.25) is 5.15 Å². The molecule has 0 amide bonds. The molecule has 2 rings (SSSR count). The number of benzene rings is 1. The summed E-state index contributed by atoms with van der Waals surface area (Å²) in [7, 11) is 0. The maximum Gasteiger partial charge on any atom is 0.433 e. The van der Waals surface area contributed by atoms with Gasteiger partial charge >= 0.3 is 11.9 Å². The van der Waals surface area contributed by atoms with Crippen LogP contribution in [0.15, 0.2) is 36.4 Å². The van der Waals surface area contributed by atoms with Crippen LogP contribution in [0.25, 0.3) is 0 Å². The average molecular weight is 360 g/mol. The van der Waals surface area contributed by atoms with E-state index in [1.165, 1.54) is 4.90 Å². The number of hydrogen-bond acceptors (Lipinski definition) is 4. The molecule has 2 aromatic rings. The van der Waals surface area contributed by atoms with Crippen LogP contribution in [-0.4, -0.2) is 16.5 Å². The Morgan fingerprint density at radius 2 is 1.92 bits per heavy atom. The molecule has 0 aliphatic carbocycles. The second kappa shape index (κ2) is 7.04. The van der Waals surface area contributed by atoms with Crippen molar-refractivity contribution in [3.05, 3.63) is 62.9 Å². The number of aromatic nitrogens is 1. The molecule has 1 aromatic carbocycles. The molecular weight excluding hydrogens is 347 g/mol. The second-order valence-corrected chi connectivity index (χ2v) is 5.28. The van der Waals surface area contributed by atoms with Crippen LogP contribution in [0.4, 0.5) is 24.5 Å². The van der Waals surface area contributed by atoms with Crippen LogP contribution >= 0.6 is 11.6 Å². The van der Waals surface area contributed by atoms with E-state index in [0.717, 1.165) is 5.56 Å². The van der Waals surface area contributed by atoms with Crippen molar-refractivity contribution >= 4 is 23.0 Å². The first-order chi connectivity index (χ1) is 11.2. The van der Waals surface area contributed by atoms with Crippen molar-refractivity contribution < 1.29 is 18.1 Å². The molecule has 9 heteroatoms. The van der Waals surface area contributed by atoms with Gasteiger partial charge in [-0.25, -0.2) is 4.98 Å². The molecule has 0 fully saturated rings. The summed E-state index contributed by atoms with van der Waals surface area (Å²) in [5, 5.41) is 10.5. The van der Waals surface area contributed by atoms with E-state index in [9.17, 15) is 23.3 Å². The quantitative estimate of drug-likeness (QED) is 0.441. The average Bonchev–Trinajstić information content (AvgIpc) is 2.51. The highest BCUT2D eigenvalue weighted by Gasteiger charge is 2.37. The van der Waals surface area contributed by atoms with E-state index in [4.69, 9.17) is 11.6 Å². The maximum atomic E-state index is 13.0. The summed E-state index contributed by atoms with van der Waals surface area (Å²) in [6, 6.07) is 9.57. The van der Waals surface area contributed by atoms with Crippen molar-refractivity contribution in [2.45, 2.75) is 19.6 Å². The number of halogens is 4. The molecule has 0 radical (unpaired) electrons. The fraction of sp³-hybridized carbons (Fsp3) is 0.267. The minimum Gasteiger partial charge on any atom is -0.362 e.